The summed E-state index contributed by atoms with van der Waals surface area (Å²) in [5.41, 5.74) is 6.65. The highest BCUT2D eigenvalue weighted by Crippen LogP contribution is 2.07. The van der Waals surface area contributed by atoms with E-state index in [1.807, 2.05) is 0 Å². The van der Waals surface area contributed by atoms with E-state index in [4.69, 9.17) is 10.9 Å². The lowest BCUT2D eigenvalue weighted by molar-refractivity contribution is 0.318. The summed E-state index contributed by atoms with van der Waals surface area (Å²) in [6.45, 7) is 0.0773. The number of nitrogens with zero attached hydrogens (tertiary/aromatic N) is 2. The molecule has 0 amide bonds. The summed E-state index contributed by atoms with van der Waals surface area (Å²) in [5, 5.41) is 11.5. The molecule has 0 saturated heterocycles. The van der Waals surface area contributed by atoms with Crippen LogP contribution in [-0.4, -0.2) is 29.4 Å². The van der Waals surface area contributed by atoms with Crippen LogP contribution < -0.4 is 10.5 Å². The average molecular weight is 295 g/mol. The third-order valence-electron chi connectivity index (χ3n) is 2.56. The zero-order valence-electron chi connectivity index (χ0n) is 10.3. The van der Waals surface area contributed by atoms with E-state index >= 15 is 0 Å². The second-order valence-electron chi connectivity index (χ2n) is 3.93. The maximum absolute atomic E-state index is 11.9. The molecular weight excluding hydrogens is 282 g/mol. The number of aromatic nitrogens is 2. The first-order valence-corrected chi connectivity index (χ1v) is 7.06. The molecule has 2 aromatic rings. The van der Waals surface area contributed by atoms with Gasteiger partial charge in [0.1, 0.15) is 0 Å². The Labute approximate surface area is 115 Å². The summed E-state index contributed by atoms with van der Waals surface area (Å²) in [4.78, 5) is 6.18. The summed E-state index contributed by atoms with van der Waals surface area (Å²) < 4.78 is 26.2. The normalized spacial score (nSPS) is 12.5. The Balaban J connectivity index is 2.12. The number of imidazole rings is 1. The highest BCUT2D eigenvalue weighted by Gasteiger charge is 2.14. The minimum Gasteiger partial charge on any atom is -0.409 e. The molecule has 0 aliphatic heterocycles. The van der Waals surface area contributed by atoms with Crippen molar-refractivity contribution in [3.8, 4) is 0 Å². The molecule has 0 atom stereocenters. The Morgan fingerprint density at radius 2 is 2.30 bits per heavy atom. The van der Waals surface area contributed by atoms with Gasteiger partial charge < -0.3 is 15.9 Å². The van der Waals surface area contributed by atoms with Gasteiger partial charge in [0.05, 0.1) is 12.5 Å². The Morgan fingerprint density at radius 3 is 2.95 bits per heavy atom. The molecule has 0 aliphatic carbocycles. The zero-order chi connectivity index (χ0) is 14.6. The molecule has 0 aliphatic rings. The molecule has 20 heavy (non-hydrogen) atoms. The number of nitrogens with two attached hydrogens (primary N) is 1. The first kappa shape index (κ1) is 14.0. The van der Waals surface area contributed by atoms with Gasteiger partial charge in [0.25, 0.3) is 10.0 Å². The van der Waals surface area contributed by atoms with Crippen LogP contribution in [0.25, 0.3) is 0 Å². The fourth-order valence-corrected chi connectivity index (χ4v) is 2.46. The van der Waals surface area contributed by atoms with Crippen molar-refractivity contribution in [3.63, 3.8) is 0 Å². The van der Waals surface area contributed by atoms with Crippen molar-refractivity contribution in [2.24, 2.45) is 10.9 Å². The fourth-order valence-electron chi connectivity index (χ4n) is 1.54. The second kappa shape index (κ2) is 5.72. The molecule has 1 aromatic heterocycles. The largest absolute Gasteiger partial charge is 0.409 e. The van der Waals surface area contributed by atoms with Crippen molar-refractivity contribution >= 4 is 15.9 Å². The minimum atomic E-state index is -3.63. The summed E-state index contributed by atoms with van der Waals surface area (Å²) in [6.07, 6.45) is 2.50. The second-order valence-corrected chi connectivity index (χ2v) is 5.66. The van der Waals surface area contributed by atoms with Gasteiger partial charge >= 0.3 is 0 Å². The number of H-pyrrole nitrogens is 1. The molecular formula is C11H13N5O3S. The molecule has 8 nitrogen and oxygen atoms in total. The van der Waals surface area contributed by atoms with Crippen LogP contribution in [0.3, 0.4) is 0 Å². The molecule has 1 aromatic carbocycles. The SMILES string of the molecule is NC(=NO)c1cccc(CNS(=O)(=O)c2cnc[nH]2)c1. The first-order chi connectivity index (χ1) is 9.53. The van der Waals surface area contributed by atoms with Gasteiger partial charge in [-0.1, -0.05) is 23.4 Å². The van der Waals surface area contributed by atoms with Crippen LogP contribution >= 0.6 is 0 Å². The maximum Gasteiger partial charge on any atom is 0.257 e. The van der Waals surface area contributed by atoms with Crippen molar-refractivity contribution in [2.45, 2.75) is 11.6 Å². The van der Waals surface area contributed by atoms with E-state index in [1.165, 1.54) is 12.5 Å². The van der Waals surface area contributed by atoms with Crippen LogP contribution in [0.2, 0.25) is 0 Å². The topological polar surface area (TPSA) is 133 Å². The lowest BCUT2D eigenvalue weighted by atomic mass is 10.1. The molecule has 0 saturated carbocycles. The molecule has 0 spiro atoms. The number of rotatable bonds is 5. The highest BCUT2D eigenvalue weighted by molar-refractivity contribution is 7.89. The predicted octanol–water partition coefficient (Wildman–Crippen LogP) is -0.0173. The van der Waals surface area contributed by atoms with E-state index in [0.29, 0.717) is 11.1 Å². The Bertz CT molecular complexity index is 709. The van der Waals surface area contributed by atoms with E-state index in [9.17, 15) is 8.42 Å². The summed E-state index contributed by atoms with van der Waals surface area (Å²) in [6, 6.07) is 6.70. The zero-order valence-corrected chi connectivity index (χ0v) is 11.1. The summed E-state index contributed by atoms with van der Waals surface area (Å²) >= 11 is 0. The summed E-state index contributed by atoms with van der Waals surface area (Å²) in [7, 11) is -3.63. The van der Waals surface area contributed by atoms with Gasteiger partial charge in [-0.25, -0.2) is 18.1 Å². The number of sulfonamides is 1. The molecule has 1 heterocycles. The van der Waals surface area contributed by atoms with Crippen molar-refractivity contribution in [2.75, 3.05) is 0 Å². The van der Waals surface area contributed by atoms with E-state index in [2.05, 4.69) is 19.8 Å². The molecule has 2 rings (SSSR count). The van der Waals surface area contributed by atoms with Gasteiger partial charge in [-0.2, -0.15) is 0 Å². The van der Waals surface area contributed by atoms with Crippen LogP contribution in [0.15, 0.2) is 47.0 Å². The number of oxime groups is 1. The third kappa shape index (κ3) is 3.13. The Kier molecular flexibility index (Phi) is 4.01. The van der Waals surface area contributed by atoms with Gasteiger partial charge in [0.2, 0.25) is 0 Å². The number of benzene rings is 1. The van der Waals surface area contributed by atoms with E-state index in [0.717, 1.165) is 0 Å². The van der Waals surface area contributed by atoms with Crippen molar-refractivity contribution in [1.82, 2.24) is 14.7 Å². The molecule has 0 unspecified atom stereocenters. The smallest absolute Gasteiger partial charge is 0.257 e. The van der Waals surface area contributed by atoms with E-state index in [1.54, 1.807) is 24.3 Å². The predicted molar refractivity (Wildman–Crippen MR) is 71.6 cm³/mol. The lowest BCUT2D eigenvalue weighted by Crippen LogP contribution is -2.23. The Morgan fingerprint density at radius 1 is 1.50 bits per heavy atom. The number of nitrogens with one attached hydrogen (secondary N) is 2. The van der Waals surface area contributed by atoms with Crippen molar-refractivity contribution in [3.05, 3.63) is 47.9 Å². The molecule has 9 heteroatoms. The van der Waals surface area contributed by atoms with Gasteiger partial charge in [0.15, 0.2) is 10.9 Å². The molecule has 0 radical (unpaired) electrons. The highest BCUT2D eigenvalue weighted by atomic mass is 32.2. The number of amidine groups is 1. The monoisotopic (exact) mass is 295 g/mol. The van der Waals surface area contributed by atoms with Crippen LogP contribution in [0.4, 0.5) is 0 Å². The average Bonchev–Trinajstić information content (AvgIpc) is 3.00. The first-order valence-electron chi connectivity index (χ1n) is 5.58. The van der Waals surface area contributed by atoms with Gasteiger partial charge in [-0.3, -0.25) is 0 Å². The van der Waals surface area contributed by atoms with Gasteiger partial charge in [-0.15, -0.1) is 0 Å². The number of hydrogen-bond acceptors (Lipinski definition) is 5. The van der Waals surface area contributed by atoms with E-state index < -0.39 is 10.0 Å². The van der Waals surface area contributed by atoms with Crippen molar-refractivity contribution < 1.29 is 13.6 Å². The molecule has 0 fully saturated rings. The molecule has 0 bridgehead atoms. The maximum atomic E-state index is 11.9. The summed E-state index contributed by atoms with van der Waals surface area (Å²) in [5.74, 6) is -0.0386. The van der Waals surface area contributed by atoms with Crippen LogP contribution in [0.5, 0.6) is 0 Å². The third-order valence-corrected chi connectivity index (χ3v) is 3.89. The molecule has 106 valence electrons. The van der Waals surface area contributed by atoms with Crippen molar-refractivity contribution in [1.29, 1.82) is 0 Å². The minimum absolute atomic E-state index is 0.00918. The standard InChI is InChI=1S/C11H13N5O3S/c12-11(16-17)9-3-1-2-8(4-9)5-15-20(18,19)10-6-13-7-14-10/h1-4,6-7,15,17H,5H2,(H2,12,16)(H,13,14). The van der Waals surface area contributed by atoms with Gasteiger partial charge in [-0.05, 0) is 11.6 Å². The quantitative estimate of drug-likeness (QED) is 0.266. The van der Waals surface area contributed by atoms with Crippen LogP contribution in [-0.2, 0) is 16.6 Å². The Hall–Kier alpha value is -2.39. The molecule has 5 N–H and O–H groups in total. The number of hydrogen-bond donors (Lipinski definition) is 4. The van der Waals surface area contributed by atoms with Gasteiger partial charge in [0, 0.05) is 12.1 Å². The van der Waals surface area contributed by atoms with Crippen LogP contribution in [0, 0.1) is 0 Å². The van der Waals surface area contributed by atoms with E-state index in [-0.39, 0.29) is 17.4 Å². The lowest BCUT2D eigenvalue weighted by Gasteiger charge is -2.06. The van der Waals surface area contributed by atoms with Crippen LogP contribution in [0.1, 0.15) is 11.1 Å². The number of aromatic amines is 1. The fraction of sp³-hybridized carbons (Fsp3) is 0.0909.